The van der Waals surface area contributed by atoms with E-state index in [1.54, 1.807) is 24.3 Å². The summed E-state index contributed by atoms with van der Waals surface area (Å²) in [5, 5.41) is 4.28. The van der Waals surface area contributed by atoms with Gasteiger partial charge in [0.2, 0.25) is 0 Å². The zero-order valence-corrected chi connectivity index (χ0v) is 14.2. The minimum atomic E-state index is 0.173. The number of nitrogens with zero attached hydrogens (tertiary/aromatic N) is 1. The predicted molar refractivity (Wildman–Crippen MR) is 98.9 cm³/mol. The fraction of sp³-hybridized carbons (Fsp3) is 0.200. The van der Waals surface area contributed by atoms with E-state index in [0.717, 1.165) is 23.2 Å². The van der Waals surface area contributed by atoms with E-state index in [1.807, 2.05) is 45.3 Å². The third-order valence-electron chi connectivity index (χ3n) is 3.29. The first-order chi connectivity index (χ1) is 11.6. The number of carbonyl (C=O) groups is 1. The fourth-order valence-corrected chi connectivity index (χ4v) is 2.20. The molecule has 4 nitrogen and oxygen atoms in total. The Morgan fingerprint density at radius 3 is 2.38 bits per heavy atom. The average Bonchev–Trinajstić information content (AvgIpc) is 2.62. The summed E-state index contributed by atoms with van der Waals surface area (Å²) in [6.07, 6.45) is 2.80. The van der Waals surface area contributed by atoms with Crippen molar-refractivity contribution in [1.29, 1.82) is 0 Å². The topological polar surface area (TPSA) is 51.2 Å². The lowest BCUT2D eigenvalue weighted by atomic mass is 10.2. The van der Waals surface area contributed by atoms with Crippen molar-refractivity contribution >= 4 is 22.9 Å². The molecular formula is C20H22N2O2. The van der Waals surface area contributed by atoms with E-state index in [0.29, 0.717) is 5.56 Å². The van der Waals surface area contributed by atoms with Gasteiger partial charge in [0.1, 0.15) is 12.0 Å². The van der Waals surface area contributed by atoms with Crippen molar-refractivity contribution in [3.8, 4) is 5.75 Å². The van der Waals surface area contributed by atoms with Crippen molar-refractivity contribution < 1.29 is 9.53 Å². The number of anilines is 1. The minimum Gasteiger partial charge on any atom is -0.491 e. The molecular weight excluding hydrogens is 300 g/mol. The van der Waals surface area contributed by atoms with Gasteiger partial charge in [-0.2, -0.15) is 0 Å². The molecule has 0 amide bonds. The Kier molecular flexibility index (Phi) is 6.32. The number of aromatic nitrogens is 1. The number of hydrogen-bond donors (Lipinski definition) is 1. The summed E-state index contributed by atoms with van der Waals surface area (Å²) in [4.78, 5) is 14.6. The monoisotopic (exact) mass is 322 g/mol. The van der Waals surface area contributed by atoms with Crippen molar-refractivity contribution in [2.24, 2.45) is 0 Å². The molecule has 3 aromatic rings. The highest BCUT2D eigenvalue weighted by atomic mass is 16.5. The average molecular weight is 322 g/mol. The van der Waals surface area contributed by atoms with E-state index in [1.165, 1.54) is 5.39 Å². The van der Waals surface area contributed by atoms with Crippen molar-refractivity contribution in [2.75, 3.05) is 12.4 Å². The number of benzene rings is 2. The summed E-state index contributed by atoms with van der Waals surface area (Å²) in [6.45, 7) is 3.93. The zero-order valence-electron chi connectivity index (χ0n) is 14.2. The molecule has 0 radical (unpaired) electrons. The molecule has 0 saturated heterocycles. The first-order valence-corrected chi connectivity index (χ1v) is 7.87. The summed E-state index contributed by atoms with van der Waals surface area (Å²) in [6, 6.07) is 17.2. The molecule has 4 heteroatoms. The largest absolute Gasteiger partial charge is 0.491 e. The number of para-hydroxylation sites is 1. The molecule has 24 heavy (non-hydrogen) atoms. The van der Waals surface area contributed by atoms with Crippen LogP contribution in [-0.4, -0.2) is 24.4 Å². The molecule has 3 rings (SSSR count). The zero-order chi connectivity index (χ0) is 17.4. The van der Waals surface area contributed by atoms with E-state index < -0.39 is 0 Å². The SMILES string of the molecule is CC(C)Oc1ccc(C=O)cc1.CNc1cccc2cccnc12. The van der Waals surface area contributed by atoms with Crippen LogP contribution in [0.2, 0.25) is 0 Å². The Bertz CT molecular complexity index is 778. The van der Waals surface area contributed by atoms with Gasteiger partial charge in [-0.15, -0.1) is 0 Å². The van der Waals surface area contributed by atoms with Gasteiger partial charge >= 0.3 is 0 Å². The van der Waals surface area contributed by atoms with Crippen molar-refractivity contribution in [1.82, 2.24) is 4.98 Å². The molecule has 1 N–H and O–H groups in total. The molecule has 0 unspecified atom stereocenters. The number of hydrogen-bond acceptors (Lipinski definition) is 4. The summed E-state index contributed by atoms with van der Waals surface area (Å²) in [5.74, 6) is 0.801. The first-order valence-electron chi connectivity index (χ1n) is 7.87. The second-order valence-electron chi connectivity index (χ2n) is 5.48. The van der Waals surface area contributed by atoms with Gasteiger partial charge in [0.25, 0.3) is 0 Å². The molecule has 1 aromatic heterocycles. The second-order valence-corrected chi connectivity index (χ2v) is 5.48. The van der Waals surface area contributed by atoms with E-state index in [9.17, 15) is 4.79 Å². The van der Waals surface area contributed by atoms with E-state index in [2.05, 4.69) is 22.4 Å². The van der Waals surface area contributed by atoms with Gasteiger partial charge in [-0.25, -0.2) is 0 Å². The molecule has 0 saturated carbocycles. The predicted octanol–water partition coefficient (Wildman–Crippen LogP) is 4.56. The smallest absolute Gasteiger partial charge is 0.150 e. The highest BCUT2D eigenvalue weighted by Crippen LogP contribution is 2.19. The van der Waals surface area contributed by atoms with Crippen LogP contribution in [-0.2, 0) is 0 Å². The Morgan fingerprint density at radius 1 is 1.04 bits per heavy atom. The molecule has 124 valence electrons. The number of fused-ring (bicyclic) bond motifs is 1. The Hall–Kier alpha value is -2.88. The molecule has 2 aromatic carbocycles. The van der Waals surface area contributed by atoms with Crippen molar-refractivity contribution in [2.45, 2.75) is 20.0 Å². The number of carbonyl (C=O) groups excluding carboxylic acids is 1. The van der Waals surface area contributed by atoms with Crippen LogP contribution in [0.1, 0.15) is 24.2 Å². The lowest BCUT2D eigenvalue weighted by Crippen LogP contribution is -2.05. The Balaban J connectivity index is 0.000000174. The number of nitrogens with one attached hydrogen (secondary N) is 1. The Labute approximate surface area is 142 Å². The number of pyridine rings is 1. The van der Waals surface area contributed by atoms with Crippen LogP contribution in [0.15, 0.2) is 60.8 Å². The molecule has 0 atom stereocenters. The van der Waals surface area contributed by atoms with Gasteiger partial charge < -0.3 is 10.1 Å². The molecule has 1 heterocycles. The van der Waals surface area contributed by atoms with Gasteiger partial charge in [-0.1, -0.05) is 18.2 Å². The maximum atomic E-state index is 10.3. The van der Waals surface area contributed by atoms with E-state index in [4.69, 9.17) is 4.74 Å². The first kappa shape index (κ1) is 17.5. The highest BCUT2D eigenvalue weighted by molar-refractivity contribution is 5.89. The second kappa shape index (κ2) is 8.67. The van der Waals surface area contributed by atoms with Crippen LogP contribution in [0.4, 0.5) is 5.69 Å². The van der Waals surface area contributed by atoms with E-state index in [-0.39, 0.29) is 6.10 Å². The molecule has 0 fully saturated rings. The summed E-state index contributed by atoms with van der Waals surface area (Å²) in [5.41, 5.74) is 2.78. The number of aldehydes is 1. The quantitative estimate of drug-likeness (QED) is 0.715. The van der Waals surface area contributed by atoms with Crippen LogP contribution < -0.4 is 10.1 Å². The number of rotatable bonds is 4. The van der Waals surface area contributed by atoms with Crippen LogP contribution in [0, 0.1) is 0 Å². The lowest BCUT2D eigenvalue weighted by molar-refractivity contribution is 0.112. The maximum absolute atomic E-state index is 10.3. The highest BCUT2D eigenvalue weighted by Gasteiger charge is 1.97. The normalized spacial score (nSPS) is 10.0. The van der Waals surface area contributed by atoms with Gasteiger partial charge in [0, 0.05) is 24.2 Å². The van der Waals surface area contributed by atoms with Crippen molar-refractivity contribution in [3.05, 3.63) is 66.4 Å². The van der Waals surface area contributed by atoms with Crippen LogP contribution >= 0.6 is 0 Å². The molecule has 0 aliphatic heterocycles. The maximum Gasteiger partial charge on any atom is 0.150 e. The summed E-state index contributed by atoms with van der Waals surface area (Å²) >= 11 is 0. The molecule has 0 bridgehead atoms. The standard InChI is InChI=1S/C10H10N2.C10H12O2/c1-11-9-6-2-4-8-5-3-7-12-10(8)9;1-8(2)12-10-5-3-9(7-11)4-6-10/h2-7,11H,1H3;3-8H,1-2H3. The van der Waals surface area contributed by atoms with Gasteiger partial charge in [-0.05, 0) is 50.2 Å². The molecule has 0 aliphatic carbocycles. The van der Waals surface area contributed by atoms with Gasteiger partial charge in [0.15, 0.2) is 0 Å². The fourth-order valence-electron chi connectivity index (χ4n) is 2.20. The van der Waals surface area contributed by atoms with Crippen LogP contribution in [0.5, 0.6) is 5.75 Å². The van der Waals surface area contributed by atoms with Crippen LogP contribution in [0.25, 0.3) is 10.9 Å². The van der Waals surface area contributed by atoms with Crippen molar-refractivity contribution in [3.63, 3.8) is 0 Å². The minimum absolute atomic E-state index is 0.173. The number of ether oxygens (including phenoxy) is 1. The molecule has 0 aliphatic rings. The Morgan fingerprint density at radius 2 is 1.75 bits per heavy atom. The van der Waals surface area contributed by atoms with Gasteiger partial charge in [0.05, 0.1) is 17.3 Å². The third kappa shape index (κ3) is 4.81. The van der Waals surface area contributed by atoms with Crippen LogP contribution in [0.3, 0.4) is 0 Å². The lowest BCUT2D eigenvalue weighted by Gasteiger charge is -2.08. The summed E-state index contributed by atoms with van der Waals surface area (Å²) < 4.78 is 5.40. The van der Waals surface area contributed by atoms with Gasteiger partial charge in [-0.3, -0.25) is 9.78 Å². The molecule has 0 spiro atoms. The van der Waals surface area contributed by atoms with E-state index >= 15 is 0 Å². The third-order valence-corrected chi connectivity index (χ3v) is 3.29. The summed E-state index contributed by atoms with van der Waals surface area (Å²) in [7, 11) is 1.91.